The normalized spacial score (nSPS) is 7.86. The van der Waals surface area contributed by atoms with Gasteiger partial charge in [-0.1, -0.05) is 0 Å². The first kappa shape index (κ1) is 15.9. The molecule has 0 aliphatic heterocycles. The van der Waals surface area contributed by atoms with E-state index in [-0.39, 0.29) is 17.1 Å². The number of nitrogens with two attached hydrogens (primary N) is 2. The number of aromatic nitrogens is 1. The number of nitrogen functional groups attached to an aromatic ring is 1. The van der Waals surface area contributed by atoms with Crippen LogP contribution >= 0.6 is 23.7 Å². The van der Waals surface area contributed by atoms with E-state index < -0.39 is 5.91 Å². The average Bonchev–Trinajstić information content (AvgIpc) is 2.06. The van der Waals surface area contributed by atoms with Gasteiger partial charge >= 0.3 is 17.1 Å². The molecule has 1 aromatic rings. The molecule has 0 saturated carbocycles. The first-order chi connectivity index (χ1) is 6.11. The number of amides is 1. The third-order valence-corrected chi connectivity index (χ3v) is 1.07. The van der Waals surface area contributed by atoms with Gasteiger partial charge in [-0.2, -0.15) is 3.84 Å². The van der Waals surface area contributed by atoms with Gasteiger partial charge in [-0.25, -0.2) is 4.98 Å². The molecule has 0 saturated heterocycles. The van der Waals surface area contributed by atoms with E-state index >= 15 is 0 Å². The summed E-state index contributed by atoms with van der Waals surface area (Å²) in [5, 5.41) is 0. The van der Waals surface area contributed by atoms with Crippen LogP contribution in [-0.4, -0.2) is 28.0 Å². The predicted octanol–water partition coefficient (Wildman–Crippen LogP) is 0.157. The molecular weight excluding hydrogens is 296 g/mol. The number of rotatable bonds is 1. The Morgan fingerprint density at radius 2 is 1.93 bits per heavy atom. The Balaban J connectivity index is 0. The molecule has 1 heterocycles. The number of hydrogen-bond donors (Lipinski definition) is 2. The van der Waals surface area contributed by atoms with Crippen molar-refractivity contribution < 1.29 is 8.64 Å². The Hall–Kier alpha value is -0.521. The van der Waals surface area contributed by atoms with Crippen LogP contribution in [0.2, 0.25) is 0 Å². The van der Waals surface area contributed by atoms with Gasteiger partial charge in [0.25, 0.3) is 0 Å². The molecule has 0 aliphatic rings. The van der Waals surface area contributed by atoms with E-state index in [0.29, 0.717) is 11.4 Å². The molecule has 5 nitrogen and oxygen atoms in total. The molecule has 8 heteroatoms. The van der Waals surface area contributed by atoms with Gasteiger partial charge in [-0.05, 0) is 12.1 Å². The number of nitrogens with zero attached hydrogens (tertiary/aromatic N) is 1. The third-order valence-electron chi connectivity index (χ3n) is 1.07. The van der Waals surface area contributed by atoms with E-state index in [1.165, 1.54) is 18.3 Å². The summed E-state index contributed by atoms with van der Waals surface area (Å²) >= 11 is 8.53. The monoisotopic (exact) mass is 305 g/mol. The fourth-order valence-electron chi connectivity index (χ4n) is 0.551. The second kappa shape index (κ2) is 9.05. The predicted molar refractivity (Wildman–Crippen MR) is 58.5 cm³/mol. The van der Waals surface area contributed by atoms with Crippen molar-refractivity contribution in [2.24, 2.45) is 5.73 Å². The summed E-state index contributed by atoms with van der Waals surface area (Å²) in [6.45, 7) is 0. The number of primary amides is 1. The number of carbonyl (C=O) groups is 1. The van der Waals surface area contributed by atoms with Gasteiger partial charge in [0.1, 0.15) is 5.82 Å². The number of pyridine rings is 1. The van der Waals surface area contributed by atoms with Crippen molar-refractivity contribution in [1.29, 1.82) is 0 Å². The molecule has 0 radical (unpaired) electrons. The zero-order valence-electron chi connectivity index (χ0n) is 6.91. The summed E-state index contributed by atoms with van der Waals surface area (Å²) in [5.41, 5.74) is 10.6. The summed E-state index contributed by atoms with van der Waals surface area (Å²) in [7, 11) is 0. The van der Waals surface area contributed by atoms with Gasteiger partial charge in [-0.3, -0.25) is 4.79 Å². The summed E-state index contributed by atoms with van der Waals surface area (Å²) in [4.78, 5) is 14.1. The zero-order chi connectivity index (χ0) is 10.3. The number of halogens is 2. The van der Waals surface area contributed by atoms with E-state index in [4.69, 9.17) is 11.5 Å². The Kier molecular flexibility index (Phi) is 10.3. The number of anilines is 1. The Labute approximate surface area is 102 Å². The van der Waals surface area contributed by atoms with Gasteiger partial charge in [0.2, 0.25) is 5.91 Å². The van der Waals surface area contributed by atoms with Crippen molar-refractivity contribution in [3.05, 3.63) is 23.9 Å². The van der Waals surface area contributed by atoms with Gasteiger partial charge in [0, 0.05) is 6.20 Å². The van der Waals surface area contributed by atoms with Crippen molar-refractivity contribution in [1.82, 2.24) is 4.98 Å². The minimum atomic E-state index is -0.493. The summed E-state index contributed by atoms with van der Waals surface area (Å²) < 4.78 is 3.19. The Bertz CT molecular complexity index is 270. The van der Waals surface area contributed by atoms with E-state index in [1.54, 1.807) is 0 Å². The molecule has 0 unspecified atom stereocenters. The van der Waals surface area contributed by atoms with Crippen LogP contribution < -0.4 is 11.5 Å². The van der Waals surface area contributed by atoms with Crippen LogP contribution in [0.15, 0.2) is 18.3 Å². The molecule has 80 valence electrons. The maximum atomic E-state index is 10.5. The molecule has 0 aliphatic carbocycles. The van der Waals surface area contributed by atoms with Crippen LogP contribution in [0.1, 0.15) is 10.4 Å². The molecule has 0 fully saturated rings. The van der Waals surface area contributed by atoms with Crippen LogP contribution in [0.4, 0.5) is 5.82 Å². The fraction of sp³-hybridized carbons (Fsp3) is 0. The first-order valence-electron chi connectivity index (χ1n) is 3.02. The molecule has 0 atom stereocenters. The molecule has 0 aromatic carbocycles. The zero-order valence-corrected chi connectivity index (χ0v) is 10.5. The first-order valence-corrected chi connectivity index (χ1v) is 3.64. The van der Waals surface area contributed by atoms with Crippen molar-refractivity contribution in [3.63, 3.8) is 0 Å². The molecule has 0 spiro atoms. The van der Waals surface area contributed by atoms with Crippen molar-refractivity contribution in [3.8, 4) is 0 Å². The van der Waals surface area contributed by atoms with Crippen LogP contribution in [0.25, 0.3) is 0 Å². The van der Waals surface area contributed by atoms with Gasteiger partial charge in [0.05, 0.1) is 29.3 Å². The average molecular weight is 305 g/mol. The van der Waals surface area contributed by atoms with E-state index in [0.717, 1.165) is 0 Å². The van der Waals surface area contributed by atoms with Gasteiger partial charge in [0.15, 0.2) is 0 Å². The van der Waals surface area contributed by atoms with Crippen LogP contribution in [0.3, 0.4) is 0 Å². The molecule has 4 N–H and O–H groups in total. The second-order valence-corrected chi connectivity index (χ2v) is 2.36. The van der Waals surface area contributed by atoms with E-state index in [2.05, 4.69) is 32.6 Å². The second-order valence-electron chi connectivity index (χ2n) is 1.89. The molecule has 14 heavy (non-hydrogen) atoms. The van der Waals surface area contributed by atoms with Crippen LogP contribution in [0, 0.1) is 0 Å². The van der Waals surface area contributed by atoms with E-state index in [1.807, 2.05) is 0 Å². The van der Waals surface area contributed by atoms with Crippen LogP contribution in [0.5, 0.6) is 0 Å². The minimum absolute atomic E-state index is 0. The topological polar surface area (TPSA) is 91.2 Å². The Morgan fingerprint density at radius 1 is 1.43 bits per heavy atom. The maximum absolute atomic E-state index is 10.5. The van der Waals surface area contributed by atoms with Gasteiger partial charge in [-0.15, -0.1) is 0 Å². The van der Waals surface area contributed by atoms with Crippen molar-refractivity contribution in [2.75, 3.05) is 5.73 Å². The number of carbonyl (C=O) groups excluding carboxylic acids is 1. The molecular formula is C6H9Cl2N3O2Se. The SMILES string of the molecule is ClOCl.NC(=O)c1ccc(N)nc1.[SeH2]. The fourth-order valence-corrected chi connectivity index (χ4v) is 0.551. The van der Waals surface area contributed by atoms with Crippen molar-refractivity contribution in [2.45, 2.75) is 0 Å². The van der Waals surface area contributed by atoms with Gasteiger partial charge < -0.3 is 11.5 Å². The van der Waals surface area contributed by atoms with Crippen LogP contribution in [-0.2, 0) is 3.84 Å². The standard InChI is InChI=1S/C6H7N3O.Cl2O.H2Se/c7-5-2-1-4(3-9-5)6(8)10;1-3-2;/h1-3H,(H2,7,9)(H2,8,10);;1H2. The quantitative estimate of drug-likeness (QED) is 0.723. The third kappa shape index (κ3) is 6.94. The number of hydrogen-bond acceptors (Lipinski definition) is 4. The summed E-state index contributed by atoms with van der Waals surface area (Å²) in [5.74, 6) is -0.113. The molecule has 1 rings (SSSR count). The summed E-state index contributed by atoms with van der Waals surface area (Å²) in [6.07, 6.45) is 1.34. The van der Waals surface area contributed by atoms with Crippen molar-refractivity contribution >= 4 is 52.5 Å². The molecule has 1 amide bonds. The van der Waals surface area contributed by atoms with E-state index in [9.17, 15) is 4.79 Å². The Morgan fingerprint density at radius 3 is 2.21 bits per heavy atom. The summed E-state index contributed by atoms with van der Waals surface area (Å²) in [6, 6.07) is 3.06. The molecule has 1 aromatic heterocycles. The molecule has 0 bridgehead atoms.